The van der Waals surface area contributed by atoms with Gasteiger partial charge in [-0.3, -0.25) is 14.4 Å². The van der Waals surface area contributed by atoms with Gasteiger partial charge >= 0.3 is 5.97 Å². The molecule has 6 nitrogen and oxygen atoms in total. The van der Waals surface area contributed by atoms with Crippen LogP contribution in [0.3, 0.4) is 0 Å². The normalized spacial score (nSPS) is 18.8. The topological polar surface area (TPSA) is 75.7 Å². The summed E-state index contributed by atoms with van der Waals surface area (Å²) in [6.45, 7) is 1.11. The number of fused-ring (bicyclic) bond motifs is 1. The van der Waals surface area contributed by atoms with Crippen LogP contribution >= 0.6 is 11.8 Å². The third-order valence-corrected chi connectivity index (χ3v) is 7.02. The van der Waals surface area contributed by atoms with E-state index in [0.29, 0.717) is 19.0 Å². The molecule has 2 amide bonds. The standard InChI is InChI=1S/C24H26N2O4S/c27-22(26-12-10-18(11-13-26)14-17-6-2-1-3-7-17)16-30-23(28)15-21-24(29)25-19-8-4-5-9-20(19)31-21/h1-9,18,21H,10-16H2,(H,25,29). The molecule has 4 rings (SSSR count). The third kappa shape index (κ3) is 5.67. The number of hydrogen-bond acceptors (Lipinski definition) is 5. The number of benzene rings is 2. The molecule has 2 aromatic carbocycles. The van der Waals surface area contributed by atoms with Crippen molar-refractivity contribution >= 4 is 35.2 Å². The number of amides is 2. The molecule has 2 aliphatic rings. The zero-order chi connectivity index (χ0) is 21.6. The molecule has 1 atom stereocenters. The number of nitrogens with one attached hydrogen (secondary N) is 1. The van der Waals surface area contributed by atoms with Gasteiger partial charge in [0.25, 0.3) is 5.91 Å². The summed E-state index contributed by atoms with van der Waals surface area (Å²) < 4.78 is 5.20. The van der Waals surface area contributed by atoms with Crippen molar-refractivity contribution in [3.05, 3.63) is 60.2 Å². The first-order valence-corrected chi connectivity index (χ1v) is 11.5. The van der Waals surface area contributed by atoms with Crippen LogP contribution in [0.15, 0.2) is 59.5 Å². The van der Waals surface area contributed by atoms with Crippen LogP contribution < -0.4 is 5.32 Å². The number of nitrogens with zero attached hydrogens (tertiary/aromatic N) is 1. The minimum atomic E-state index is -0.550. The van der Waals surface area contributed by atoms with E-state index in [2.05, 4.69) is 29.6 Å². The second-order valence-electron chi connectivity index (χ2n) is 7.97. The van der Waals surface area contributed by atoms with Gasteiger partial charge < -0.3 is 15.0 Å². The highest BCUT2D eigenvalue weighted by Gasteiger charge is 2.30. The molecule has 0 radical (unpaired) electrons. The summed E-state index contributed by atoms with van der Waals surface area (Å²) in [5.74, 6) is -0.344. The Hall–Kier alpha value is -2.80. The molecule has 0 spiro atoms. The predicted octanol–water partition coefficient (Wildman–Crippen LogP) is 3.51. The summed E-state index contributed by atoms with van der Waals surface area (Å²) in [5.41, 5.74) is 2.08. The molecule has 0 aliphatic carbocycles. The smallest absolute Gasteiger partial charge is 0.307 e. The van der Waals surface area contributed by atoms with Crippen LogP contribution in [0.4, 0.5) is 5.69 Å². The molecular weight excluding hydrogens is 412 g/mol. The van der Waals surface area contributed by atoms with Crippen LogP contribution in [0.5, 0.6) is 0 Å². The van der Waals surface area contributed by atoms with E-state index in [1.165, 1.54) is 17.3 Å². The van der Waals surface area contributed by atoms with E-state index in [1.807, 2.05) is 30.3 Å². The van der Waals surface area contributed by atoms with Crippen LogP contribution in [-0.2, 0) is 25.5 Å². The highest BCUT2D eigenvalue weighted by Crippen LogP contribution is 2.36. The van der Waals surface area contributed by atoms with Crippen LogP contribution in [0.1, 0.15) is 24.8 Å². The van der Waals surface area contributed by atoms with Gasteiger partial charge in [0.1, 0.15) is 0 Å². The van der Waals surface area contributed by atoms with Gasteiger partial charge in [0.2, 0.25) is 5.91 Å². The summed E-state index contributed by atoms with van der Waals surface area (Å²) in [5, 5.41) is 2.26. The van der Waals surface area contributed by atoms with E-state index in [-0.39, 0.29) is 24.8 Å². The van der Waals surface area contributed by atoms with Crippen molar-refractivity contribution in [3.8, 4) is 0 Å². The summed E-state index contributed by atoms with van der Waals surface area (Å²) in [4.78, 5) is 39.6. The number of esters is 1. The SMILES string of the molecule is O=C(CC1Sc2ccccc2NC1=O)OCC(=O)N1CCC(Cc2ccccc2)CC1. The molecule has 1 saturated heterocycles. The molecule has 0 bridgehead atoms. The van der Waals surface area contributed by atoms with Crippen LogP contribution in [0, 0.1) is 5.92 Å². The predicted molar refractivity (Wildman–Crippen MR) is 120 cm³/mol. The maximum atomic E-state index is 12.5. The zero-order valence-electron chi connectivity index (χ0n) is 17.3. The van der Waals surface area contributed by atoms with Crippen molar-refractivity contribution in [1.29, 1.82) is 0 Å². The summed E-state index contributed by atoms with van der Waals surface area (Å²) in [7, 11) is 0. The van der Waals surface area contributed by atoms with E-state index in [1.54, 1.807) is 4.90 Å². The molecule has 2 heterocycles. The lowest BCUT2D eigenvalue weighted by atomic mass is 9.90. The number of piperidine rings is 1. The molecular formula is C24H26N2O4S. The number of carbonyl (C=O) groups excluding carboxylic acids is 3. The lowest BCUT2D eigenvalue weighted by molar-refractivity contribution is -0.152. The lowest BCUT2D eigenvalue weighted by Crippen LogP contribution is -2.41. The fourth-order valence-corrected chi connectivity index (χ4v) is 5.10. The highest BCUT2D eigenvalue weighted by molar-refractivity contribution is 8.01. The number of anilines is 1. The monoisotopic (exact) mass is 438 g/mol. The van der Waals surface area contributed by atoms with Crippen molar-refractivity contribution in [3.63, 3.8) is 0 Å². The Morgan fingerprint density at radius 3 is 2.52 bits per heavy atom. The fourth-order valence-electron chi connectivity index (χ4n) is 4.00. The molecule has 1 N–H and O–H groups in total. The first-order valence-electron chi connectivity index (χ1n) is 10.6. The van der Waals surface area contributed by atoms with E-state index in [0.717, 1.165) is 29.8 Å². The third-order valence-electron chi connectivity index (χ3n) is 5.75. The molecule has 2 aromatic rings. The first kappa shape index (κ1) is 21.4. The van der Waals surface area contributed by atoms with E-state index in [4.69, 9.17) is 4.74 Å². The number of hydrogen-bond donors (Lipinski definition) is 1. The van der Waals surface area contributed by atoms with Gasteiger partial charge in [-0.05, 0) is 42.9 Å². The number of ether oxygens (including phenoxy) is 1. The zero-order valence-corrected chi connectivity index (χ0v) is 18.1. The Morgan fingerprint density at radius 2 is 1.74 bits per heavy atom. The summed E-state index contributed by atoms with van der Waals surface area (Å²) in [6, 6.07) is 17.9. The van der Waals surface area contributed by atoms with Gasteiger partial charge in [-0.15, -0.1) is 11.8 Å². The molecule has 2 aliphatic heterocycles. The van der Waals surface area contributed by atoms with Gasteiger partial charge in [0.15, 0.2) is 6.61 Å². The summed E-state index contributed by atoms with van der Waals surface area (Å²) in [6.07, 6.45) is 2.87. The fraction of sp³-hybridized carbons (Fsp3) is 0.375. The molecule has 1 fully saturated rings. The van der Waals surface area contributed by atoms with Crippen LogP contribution in [0.2, 0.25) is 0 Å². The number of carbonyl (C=O) groups is 3. The Bertz CT molecular complexity index is 942. The maximum Gasteiger partial charge on any atom is 0.307 e. The van der Waals surface area contributed by atoms with Gasteiger partial charge in [-0.1, -0.05) is 42.5 Å². The Labute approximate surface area is 186 Å². The maximum absolute atomic E-state index is 12.5. The Kier molecular flexibility index (Phi) is 6.92. The minimum absolute atomic E-state index is 0.0583. The number of rotatable bonds is 6. The lowest BCUT2D eigenvalue weighted by Gasteiger charge is -2.32. The van der Waals surface area contributed by atoms with Gasteiger partial charge in [-0.25, -0.2) is 0 Å². The minimum Gasteiger partial charge on any atom is -0.456 e. The molecule has 162 valence electrons. The highest BCUT2D eigenvalue weighted by atomic mass is 32.2. The van der Waals surface area contributed by atoms with Crippen LogP contribution in [-0.4, -0.2) is 47.6 Å². The van der Waals surface area contributed by atoms with Crippen molar-refractivity contribution in [2.45, 2.75) is 35.8 Å². The van der Waals surface area contributed by atoms with Crippen LogP contribution in [0.25, 0.3) is 0 Å². The van der Waals surface area contributed by atoms with Crippen molar-refractivity contribution < 1.29 is 19.1 Å². The van der Waals surface area contributed by atoms with E-state index >= 15 is 0 Å². The van der Waals surface area contributed by atoms with E-state index in [9.17, 15) is 14.4 Å². The van der Waals surface area contributed by atoms with Crippen molar-refractivity contribution in [2.24, 2.45) is 5.92 Å². The second-order valence-corrected chi connectivity index (χ2v) is 9.22. The van der Waals surface area contributed by atoms with E-state index < -0.39 is 11.2 Å². The van der Waals surface area contributed by atoms with Crippen molar-refractivity contribution in [2.75, 3.05) is 25.0 Å². The number of likely N-dealkylation sites (tertiary alicyclic amines) is 1. The van der Waals surface area contributed by atoms with Gasteiger partial charge in [0.05, 0.1) is 17.4 Å². The quantitative estimate of drug-likeness (QED) is 0.699. The molecule has 1 unspecified atom stereocenters. The Morgan fingerprint density at radius 1 is 1.03 bits per heavy atom. The average Bonchev–Trinajstić information content (AvgIpc) is 2.79. The van der Waals surface area contributed by atoms with Gasteiger partial charge in [0, 0.05) is 18.0 Å². The average molecular weight is 439 g/mol. The summed E-state index contributed by atoms with van der Waals surface area (Å²) >= 11 is 1.35. The van der Waals surface area contributed by atoms with Gasteiger partial charge in [-0.2, -0.15) is 0 Å². The molecule has 0 aromatic heterocycles. The number of para-hydroxylation sites is 1. The molecule has 0 saturated carbocycles. The Balaban J connectivity index is 1.19. The van der Waals surface area contributed by atoms with Crippen molar-refractivity contribution in [1.82, 2.24) is 4.90 Å². The first-order chi connectivity index (χ1) is 15.1. The second kappa shape index (κ2) is 10.0. The number of thioether (sulfide) groups is 1. The molecule has 7 heteroatoms. The molecule has 31 heavy (non-hydrogen) atoms. The largest absolute Gasteiger partial charge is 0.456 e.